The quantitative estimate of drug-likeness (QED) is 0.609. The van der Waals surface area contributed by atoms with Gasteiger partial charge in [-0.25, -0.2) is 17.5 Å². The van der Waals surface area contributed by atoms with Crippen molar-refractivity contribution in [2.24, 2.45) is 0 Å². The molecule has 0 unspecified atom stereocenters. The third-order valence-corrected chi connectivity index (χ3v) is 6.67. The van der Waals surface area contributed by atoms with Crippen molar-refractivity contribution in [3.8, 4) is 0 Å². The zero-order chi connectivity index (χ0) is 20.8. The summed E-state index contributed by atoms with van der Waals surface area (Å²) in [4.78, 5) is 37.2. The molecule has 0 radical (unpaired) electrons. The standard InChI is InChI=1S/C20H16N2O6S/c1-28-20(25)15-12-21(16-8-4-2-6-13(15)16)18(23)10-11-22-19(24)14-7-3-5-9-17(14)29(22,26)27/h2-9,12H,10-11H2,1H3. The molecule has 3 aromatic rings. The zero-order valence-corrected chi connectivity index (χ0v) is 16.2. The number of aromatic nitrogens is 1. The molecule has 0 N–H and O–H groups in total. The Morgan fingerprint density at radius 2 is 1.72 bits per heavy atom. The van der Waals surface area contributed by atoms with Gasteiger partial charge in [0.15, 0.2) is 0 Å². The van der Waals surface area contributed by atoms with Crippen molar-refractivity contribution in [2.45, 2.75) is 11.3 Å². The summed E-state index contributed by atoms with van der Waals surface area (Å²) < 4.78 is 32.0. The first-order chi connectivity index (χ1) is 13.9. The maximum atomic E-state index is 12.8. The van der Waals surface area contributed by atoms with Gasteiger partial charge in [0, 0.05) is 24.5 Å². The maximum Gasteiger partial charge on any atom is 0.340 e. The number of methoxy groups -OCH3 is 1. The second-order valence-corrected chi connectivity index (χ2v) is 8.27. The Hall–Kier alpha value is -3.46. The van der Waals surface area contributed by atoms with Crippen LogP contribution in [0.2, 0.25) is 0 Å². The van der Waals surface area contributed by atoms with Crippen molar-refractivity contribution in [3.63, 3.8) is 0 Å². The van der Waals surface area contributed by atoms with Gasteiger partial charge in [-0.05, 0) is 18.2 Å². The number of esters is 1. The van der Waals surface area contributed by atoms with Crippen LogP contribution in [0.3, 0.4) is 0 Å². The molecule has 8 nitrogen and oxygen atoms in total. The summed E-state index contributed by atoms with van der Waals surface area (Å²) in [6.45, 7) is -0.297. The molecule has 29 heavy (non-hydrogen) atoms. The van der Waals surface area contributed by atoms with Gasteiger partial charge in [0.25, 0.3) is 15.9 Å². The van der Waals surface area contributed by atoms with E-state index in [1.807, 2.05) is 0 Å². The number of nitrogens with zero attached hydrogens (tertiary/aromatic N) is 2. The molecule has 2 heterocycles. The number of para-hydroxylation sites is 1. The van der Waals surface area contributed by atoms with Crippen LogP contribution >= 0.6 is 0 Å². The first kappa shape index (κ1) is 18.9. The van der Waals surface area contributed by atoms with E-state index in [0.717, 1.165) is 0 Å². The molecule has 1 aromatic heterocycles. The van der Waals surface area contributed by atoms with Crippen molar-refractivity contribution in [3.05, 3.63) is 65.9 Å². The van der Waals surface area contributed by atoms with E-state index in [1.54, 1.807) is 36.4 Å². The summed E-state index contributed by atoms with van der Waals surface area (Å²) in [6.07, 6.45) is 1.13. The summed E-state index contributed by atoms with van der Waals surface area (Å²) in [7, 11) is -2.73. The number of benzene rings is 2. The summed E-state index contributed by atoms with van der Waals surface area (Å²) >= 11 is 0. The van der Waals surface area contributed by atoms with Crippen LogP contribution in [0.1, 0.15) is 31.9 Å². The fourth-order valence-corrected chi connectivity index (χ4v) is 5.00. The molecule has 0 saturated carbocycles. The Kier molecular flexibility index (Phi) is 4.46. The van der Waals surface area contributed by atoms with Crippen molar-refractivity contribution >= 4 is 38.7 Å². The SMILES string of the molecule is COC(=O)c1cn(C(=O)CCN2C(=O)c3ccccc3S2(=O)=O)c2ccccc12. The molecule has 0 fully saturated rings. The summed E-state index contributed by atoms with van der Waals surface area (Å²) in [5.41, 5.74) is 0.824. The lowest BCUT2D eigenvalue weighted by molar-refractivity contribution is 0.0602. The van der Waals surface area contributed by atoms with Crippen molar-refractivity contribution < 1.29 is 27.5 Å². The molecule has 2 aromatic carbocycles. The highest BCUT2D eigenvalue weighted by molar-refractivity contribution is 7.90. The number of rotatable bonds is 4. The Bertz CT molecular complexity index is 1280. The number of hydrogen-bond donors (Lipinski definition) is 0. The van der Waals surface area contributed by atoms with E-state index in [4.69, 9.17) is 4.74 Å². The highest BCUT2D eigenvalue weighted by atomic mass is 32.2. The van der Waals surface area contributed by atoms with Gasteiger partial charge in [0.1, 0.15) is 4.90 Å². The molecular formula is C20H16N2O6S. The van der Waals surface area contributed by atoms with Crippen LogP contribution in [0.15, 0.2) is 59.6 Å². The summed E-state index contributed by atoms with van der Waals surface area (Å²) in [5, 5.41) is 0.546. The van der Waals surface area contributed by atoms with Gasteiger partial charge in [-0.1, -0.05) is 30.3 Å². The molecule has 0 atom stereocenters. The summed E-state index contributed by atoms with van der Waals surface area (Å²) in [5.74, 6) is -1.68. The summed E-state index contributed by atoms with van der Waals surface area (Å²) in [6, 6.07) is 12.8. The smallest absolute Gasteiger partial charge is 0.340 e. The molecule has 0 spiro atoms. The largest absolute Gasteiger partial charge is 0.465 e. The van der Waals surface area contributed by atoms with Gasteiger partial charge in [-0.15, -0.1) is 0 Å². The number of carbonyl (C=O) groups is 3. The van der Waals surface area contributed by atoms with Crippen molar-refractivity contribution in [1.82, 2.24) is 8.87 Å². The minimum atomic E-state index is -3.98. The van der Waals surface area contributed by atoms with Crippen LogP contribution in [-0.4, -0.2) is 48.7 Å². The average Bonchev–Trinajstić information content (AvgIpc) is 3.20. The van der Waals surface area contributed by atoms with E-state index in [0.29, 0.717) is 15.2 Å². The number of ether oxygens (including phenoxy) is 1. The molecule has 1 aliphatic rings. The third-order valence-electron chi connectivity index (χ3n) is 4.83. The van der Waals surface area contributed by atoms with E-state index in [2.05, 4.69) is 0 Å². The molecule has 9 heteroatoms. The lowest BCUT2D eigenvalue weighted by Crippen LogP contribution is -2.32. The molecule has 0 bridgehead atoms. The minimum absolute atomic E-state index is 0.0585. The van der Waals surface area contributed by atoms with Gasteiger partial charge in [-0.2, -0.15) is 0 Å². The lowest BCUT2D eigenvalue weighted by atomic mass is 10.2. The van der Waals surface area contributed by atoms with Crippen LogP contribution < -0.4 is 0 Å². The van der Waals surface area contributed by atoms with Crippen LogP contribution in [0, 0.1) is 0 Å². The molecule has 4 rings (SSSR count). The Morgan fingerprint density at radius 1 is 1.03 bits per heavy atom. The van der Waals surface area contributed by atoms with Gasteiger partial charge < -0.3 is 4.74 Å². The van der Waals surface area contributed by atoms with Crippen molar-refractivity contribution in [2.75, 3.05) is 13.7 Å². The molecule has 148 valence electrons. The topological polar surface area (TPSA) is 103 Å². The van der Waals surface area contributed by atoms with Gasteiger partial charge in [0.2, 0.25) is 5.91 Å². The fraction of sp³-hybridized carbons (Fsp3) is 0.150. The average molecular weight is 412 g/mol. The van der Waals surface area contributed by atoms with Gasteiger partial charge >= 0.3 is 5.97 Å². The lowest BCUT2D eigenvalue weighted by Gasteiger charge is -2.14. The van der Waals surface area contributed by atoms with E-state index in [1.165, 1.54) is 30.0 Å². The second kappa shape index (κ2) is 6.85. The van der Waals surface area contributed by atoms with E-state index < -0.39 is 27.8 Å². The normalized spacial score (nSPS) is 14.8. The Morgan fingerprint density at radius 3 is 2.45 bits per heavy atom. The maximum absolute atomic E-state index is 12.8. The molecular weight excluding hydrogens is 396 g/mol. The molecule has 0 aliphatic carbocycles. The Balaban J connectivity index is 1.62. The van der Waals surface area contributed by atoms with E-state index >= 15 is 0 Å². The molecule has 1 aliphatic heterocycles. The van der Waals surface area contributed by atoms with Crippen LogP contribution in [0.5, 0.6) is 0 Å². The predicted octanol–water partition coefficient (Wildman–Crippen LogP) is 2.30. The van der Waals surface area contributed by atoms with Gasteiger partial charge in [0.05, 0.1) is 23.8 Å². The first-order valence-corrected chi connectivity index (χ1v) is 10.2. The fourth-order valence-electron chi connectivity index (χ4n) is 3.43. The zero-order valence-electron chi connectivity index (χ0n) is 15.4. The van der Waals surface area contributed by atoms with E-state index in [9.17, 15) is 22.8 Å². The number of amides is 1. The molecule has 0 saturated heterocycles. The van der Waals surface area contributed by atoms with Crippen LogP contribution in [0.25, 0.3) is 10.9 Å². The van der Waals surface area contributed by atoms with Gasteiger partial charge in [-0.3, -0.25) is 14.2 Å². The number of fused-ring (bicyclic) bond motifs is 2. The van der Waals surface area contributed by atoms with Crippen LogP contribution in [-0.2, 0) is 14.8 Å². The first-order valence-electron chi connectivity index (χ1n) is 8.74. The minimum Gasteiger partial charge on any atom is -0.465 e. The Labute approximate surface area is 166 Å². The second-order valence-electron chi connectivity index (χ2n) is 6.44. The molecule has 1 amide bonds. The predicted molar refractivity (Wildman–Crippen MR) is 103 cm³/mol. The van der Waals surface area contributed by atoms with Crippen LogP contribution in [0.4, 0.5) is 0 Å². The van der Waals surface area contributed by atoms with Crippen molar-refractivity contribution in [1.29, 1.82) is 0 Å². The monoisotopic (exact) mass is 412 g/mol. The van der Waals surface area contributed by atoms with E-state index in [-0.39, 0.29) is 29.0 Å². The number of hydrogen-bond acceptors (Lipinski definition) is 6. The number of carbonyl (C=O) groups excluding carboxylic acids is 3. The third kappa shape index (κ3) is 2.90. The highest BCUT2D eigenvalue weighted by Gasteiger charge is 2.40. The number of sulfonamides is 1. The highest BCUT2D eigenvalue weighted by Crippen LogP contribution is 2.30.